The molecule has 9 atom stereocenters. The van der Waals surface area contributed by atoms with E-state index >= 15 is 0 Å². The number of rotatable bonds is 8. The summed E-state index contributed by atoms with van der Waals surface area (Å²) < 4.78 is 41.3. The quantitative estimate of drug-likeness (QED) is 0.225. The lowest BCUT2D eigenvalue weighted by atomic mass is 9.72. The van der Waals surface area contributed by atoms with Crippen molar-refractivity contribution < 1.29 is 71.8 Å². The molecule has 2 aliphatic carbocycles. The van der Waals surface area contributed by atoms with Crippen molar-refractivity contribution in [2.75, 3.05) is 0 Å². The molecule has 1 aromatic carbocycles. The van der Waals surface area contributed by atoms with Gasteiger partial charge in [-0.3, -0.25) is 28.8 Å². The van der Waals surface area contributed by atoms with Crippen LogP contribution in [0.1, 0.15) is 92.9 Å². The summed E-state index contributed by atoms with van der Waals surface area (Å²) in [4.78, 5) is 90.9. The Bertz CT molecular complexity index is 1690. The van der Waals surface area contributed by atoms with Crippen LogP contribution >= 0.6 is 0 Å². The molecule has 1 fully saturated rings. The molecule has 15 heteroatoms. The Kier molecular flexibility index (Phi) is 14.0. The first-order valence-corrected chi connectivity index (χ1v) is 17.4. The van der Waals surface area contributed by atoms with Crippen LogP contribution in [0.2, 0.25) is 0 Å². The van der Waals surface area contributed by atoms with E-state index in [1.54, 1.807) is 45.0 Å². The van der Waals surface area contributed by atoms with E-state index < -0.39 is 107 Å². The number of benzene rings is 1. The summed E-state index contributed by atoms with van der Waals surface area (Å²) in [6, 6.07) is 7.86. The van der Waals surface area contributed by atoms with E-state index in [2.05, 4.69) is 0 Å². The van der Waals surface area contributed by atoms with Gasteiger partial charge in [0.15, 0.2) is 35.8 Å². The highest BCUT2D eigenvalue weighted by molar-refractivity contribution is 5.89. The summed E-state index contributed by atoms with van der Waals surface area (Å²) in [6.07, 6.45) is -8.01. The minimum absolute atomic E-state index is 0.00227. The predicted molar refractivity (Wildman–Crippen MR) is 188 cm³/mol. The van der Waals surface area contributed by atoms with Gasteiger partial charge in [0.25, 0.3) is 0 Å². The first kappa shape index (κ1) is 43.4. The van der Waals surface area contributed by atoms with Crippen molar-refractivity contribution in [3.63, 3.8) is 0 Å². The fourth-order valence-electron chi connectivity index (χ4n) is 7.39. The van der Waals surface area contributed by atoms with Gasteiger partial charge in [0, 0.05) is 52.9 Å². The normalized spacial score (nSPS) is 31.7. The minimum atomic E-state index is -2.33. The van der Waals surface area contributed by atoms with Crippen LogP contribution in [0.25, 0.3) is 0 Å². The number of ether oxygens (including phenoxy) is 7. The van der Waals surface area contributed by atoms with Gasteiger partial charge in [0.1, 0.15) is 6.10 Å². The average Bonchev–Trinajstić information content (AvgIpc) is 3.27. The molecule has 15 nitrogen and oxygen atoms in total. The van der Waals surface area contributed by atoms with Crippen LogP contribution in [0.4, 0.5) is 0 Å². The molecule has 0 aromatic heterocycles. The monoisotopic (exact) mass is 758 g/mol. The fourth-order valence-corrected chi connectivity index (χ4v) is 7.39. The second-order valence-electron chi connectivity index (χ2n) is 14.4. The summed E-state index contributed by atoms with van der Waals surface area (Å²) in [5.74, 6) is -9.22. The van der Waals surface area contributed by atoms with Crippen molar-refractivity contribution in [3.8, 4) is 0 Å². The smallest absolute Gasteiger partial charge is 0.338 e. The van der Waals surface area contributed by atoms with Crippen molar-refractivity contribution in [3.05, 3.63) is 58.9 Å². The summed E-state index contributed by atoms with van der Waals surface area (Å²) in [5, 5.41) is 12.7. The molecule has 2 aliphatic rings. The third-order valence-electron chi connectivity index (χ3n) is 9.55. The number of aliphatic hydroxyl groups is 1. The van der Waals surface area contributed by atoms with Crippen molar-refractivity contribution in [1.29, 1.82) is 0 Å². The third kappa shape index (κ3) is 9.54. The Morgan fingerprint density at radius 3 is 1.74 bits per heavy atom. The van der Waals surface area contributed by atoms with Crippen molar-refractivity contribution in [1.82, 2.24) is 0 Å². The second kappa shape index (κ2) is 17.4. The maximum atomic E-state index is 13.8. The molecule has 0 unspecified atom stereocenters. The number of fused-ring (bicyclic) bond motifs is 1. The first-order valence-electron chi connectivity index (χ1n) is 17.4. The van der Waals surface area contributed by atoms with Crippen LogP contribution in [0.5, 0.6) is 0 Å². The Morgan fingerprint density at radius 2 is 1.24 bits per heavy atom. The Balaban J connectivity index is 2.63. The number of carbonyl (C=O) groups is 7. The van der Waals surface area contributed by atoms with Crippen molar-refractivity contribution >= 4 is 41.8 Å². The van der Waals surface area contributed by atoms with Gasteiger partial charge in [-0.15, -0.1) is 0 Å². The SMILES string of the molecule is CC(=O)O/C1=C(\C)[C@@H](O)[C@H]2[C@@H](OC(=O)c3ccccc3)[C@@H](C)[C@H](OC(C)=O)[C@]2(OC(C)=O)[C@H](OC(C)=O)/C(C)=C/CC(C)(C)[C@@H](OC(C)=O)[C@H]1OC(C)=O. The van der Waals surface area contributed by atoms with Crippen LogP contribution in [-0.4, -0.2) is 89.1 Å². The highest BCUT2D eigenvalue weighted by atomic mass is 16.6. The summed E-state index contributed by atoms with van der Waals surface area (Å²) in [6.45, 7) is 14.3. The zero-order valence-electron chi connectivity index (χ0n) is 32.5. The van der Waals surface area contributed by atoms with Crippen LogP contribution < -0.4 is 0 Å². The van der Waals surface area contributed by atoms with Crippen LogP contribution in [0.3, 0.4) is 0 Å². The molecule has 0 amide bonds. The maximum absolute atomic E-state index is 13.8. The van der Waals surface area contributed by atoms with Gasteiger partial charge in [0.05, 0.1) is 17.6 Å². The third-order valence-corrected chi connectivity index (χ3v) is 9.55. The molecular formula is C39H50O15. The lowest BCUT2D eigenvalue weighted by molar-refractivity contribution is -0.220. The van der Waals surface area contributed by atoms with Gasteiger partial charge in [-0.1, -0.05) is 45.0 Å². The van der Waals surface area contributed by atoms with Gasteiger partial charge in [0.2, 0.25) is 0 Å². The van der Waals surface area contributed by atoms with Crippen LogP contribution in [0.15, 0.2) is 53.3 Å². The molecule has 296 valence electrons. The number of hydrogen-bond donors (Lipinski definition) is 1. The first-order chi connectivity index (χ1) is 25.0. The average molecular weight is 759 g/mol. The molecular weight excluding hydrogens is 708 g/mol. The standard InChI is InChI=1S/C39H50O15/c1-19-17-18-38(10,11)36(52-26(8)44)33(49-23(5)41)32(48-22(4)40)20(2)30(46)29-31(53-37(47)28-15-13-12-14-16-28)21(3)35(51-25(7)43)39(29,54-27(9)45)34(19)50-24(6)42/h12-17,21,29-31,33-36,46H,18H2,1-11H3/b19-17+,32-20+/t21-,29+,30-,31+,33+,34-,35+,36+,39-/m1/s1. The van der Waals surface area contributed by atoms with Gasteiger partial charge < -0.3 is 38.3 Å². The molecule has 54 heavy (non-hydrogen) atoms. The van der Waals surface area contributed by atoms with E-state index in [0.717, 1.165) is 41.5 Å². The largest absolute Gasteiger partial charge is 0.458 e. The zero-order valence-corrected chi connectivity index (χ0v) is 32.5. The van der Waals surface area contributed by atoms with Crippen LogP contribution in [-0.2, 0) is 61.9 Å². The minimum Gasteiger partial charge on any atom is -0.458 e. The lowest BCUT2D eigenvalue weighted by Gasteiger charge is -2.46. The molecule has 0 saturated heterocycles. The highest BCUT2D eigenvalue weighted by Gasteiger charge is 2.72. The molecule has 0 bridgehead atoms. The van der Waals surface area contributed by atoms with Gasteiger partial charge in [-0.25, -0.2) is 4.79 Å². The van der Waals surface area contributed by atoms with Crippen LogP contribution in [0, 0.1) is 17.3 Å². The molecule has 1 aromatic rings. The summed E-state index contributed by atoms with van der Waals surface area (Å²) in [7, 11) is 0. The topological polar surface area (TPSA) is 204 Å². The molecule has 3 rings (SSSR count). The maximum Gasteiger partial charge on any atom is 0.338 e. The number of esters is 7. The molecule has 0 radical (unpaired) electrons. The van der Waals surface area contributed by atoms with E-state index in [4.69, 9.17) is 33.2 Å². The van der Waals surface area contributed by atoms with E-state index in [0.29, 0.717) is 0 Å². The molecule has 0 heterocycles. The van der Waals surface area contributed by atoms with Crippen molar-refractivity contribution in [2.24, 2.45) is 17.3 Å². The number of allylic oxidation sites excluding steroid dienone is 1. The second-order valence-corrected chi connectivity index (χ2v) is 14.4. The molecule has 1 saturated carbocycles. The number of carbonyl (C=O) groups excluding carboxylic acids is 7. The van der Waals surface area contributed by atoms with Gasteiger partial charge in [-0.05, 0) is 43.5 Å². The Labute approximate surface area is 314 Å². The lowest BCUT2D eigenvalue weighted by Crippen LogP contribution is -2.63. The van der Waals surface area contributed by atoms with E-state index in [-0.39, 0.29) is 23.1 Å². The predicted octanol–water partition coefficient (Wildman–Crippen LogP) is 4.08. The molecule has 0 spiro atoms. The molecule has 1 N–H and O–H groups in total. The van der Waals surface area contributed by atoms with E-state index in [9.17, 15) is 38.7 Å². The van der Waals surface area contributed by atoms with Gasteiger partial charge >= 0.3 is 41.8 Å². The number of aliphatic hydroxyl groups excluding tert-OH is 1. The highest BCUT2D eigenvalue weighted by Crippen LogP contribution is 2.54. The number of hydrogen-bond acceptors (Lipinski definition) is 15. The Morgan fingerprint density at radius 1 is 0.704 bits per heavy atom. The summed E-state index contributed by atoms with van der Waals surface area (Å²) >= 11 is 0. The van der Waals surface area contributed by atoms with E-state index in [1.807, 2.05) is 0 Å². The van der Waals surface area contributed by atoms with E-state index in [1.165, 1.54) is 26.0 Å². The zero-order chi connectivity index (χ0) is 40.9. The fraction of sp³-hybridized carbons (Fsp3) is 0.564. The molecule has 0 aliphatic heterocycles. The Hall–Kier alpha value is -5.05. The van der Waals surface area contributed by atoms with Crippen molar-refractivity contribution in [2.45, 2.75) is 125 Å². The summed E-state index contributed by atoms with van der Waals surface area (Å²) in [5.41, 5.74) is -3.36. The van der Waals surface area contributed by atoms with Gasteiger partial charge in [-0.2, -0.15) is 0 Å².